The van der Waals surface area contributed by atoms with Crippen LogP contribution in [0.25, 0.3) is 0 Å². The molecule has 0 aromatic heterocycles. The Morgan fingerprint density at radius 2 is 1.21 bits per heavy atom. The number of amides is 3. The zero-order valence-electron chi connectivity index (χ0n) is 19.0. The van der Waals surface area contributed by atoms with Gasteiger partial charge in [0.1, 0.15) is 0 Å². The lowest BCUT2D eigenvalue weighted by Crippen LogP contribution is -2.64. The van der Waals surface area contributed by atoms with Crippen LogP contribution in [0.1, 0.15) is 25.3 Å². The minimum Gasteiger partial charge on any atom is -0.333 e. The quantitative estimate of drug-likeness (QED) is 0.258. The lowest BCUT2D eigenvalue weighted by Gasteiger charge is -2.32. The van der Waals surface area contributed by atoms with Crippen LogP contribution in [0, 0.1) is 0 Å². The summed E-state index contributed by atoms with van der Waals surface area (Å²) in [6.07, 6.45) is 1.16. The van der Waals surface area contributed by atoms with Crippen LogP contribution in [0.2, 0.25) is 0 Å². The van der Waals surface area contributed by atoms with Gasteiger partial charge in [-0.3, -0.25) is 14.4 Å². The van der Waals surface area contributed by atoms with E-state index in [2.05, 4.69) is 28.6 Å². The van der Waals surface area contributed by atoms with E-state index in [0.29, 0.717) is 24.2 Å². The fraction of sp³-hybridized carbons (Fsp3) is 0.222. The van der Waals surface area contributed by atoms with Crippen LogP contribution in [0.3, 0.4) is 0 Å². The Hall–Kier alpha value is -3.58. The van der Waals surface area contributed by atoms with Gasteiger partial charge in [0.25, 0.3) is 11.8 Å². The molecule has 3 rings (SSSR count). The first-order valence-electron chi connectivity index (χ1n) is 11.2. The number of rotatable bonds is 10. The number of para-hydroxylation sites is 2. The molecule has 0 saturated carbocycles. The second-order valence-electron chi connectivity index (χ2n) is 7.93. The number of nitrogens with one attached hydrogen (secondary N) is 3. The van der Waals surface area contributed by atoms with E-state index in [9.17, 15) is 14.4 Å². The summed E-state index contributed by atoms with van der Waals surface area (Å²) in [6.45, 7) is 1.69. The Balaban J connectivity index is 1.80. The van der Waals surface area contributed by atoms with Crippen LogP contribution in [0.4, 0.5) is 11.4 Å². The standard InChI is InChI=1S/C27H29N3O3S/c1-2-27(25(32)28-21-14-8-4-9-15-21,26(33)29-22-16-10-5-11-17-22)30-24(31)23(34)19-18-20-12-6-3-7-13-20/h3-17,23,34H,2,18-19H2,1H3,(H,28,32)(H,29,33)(H,30,31)/t23-/m0/s1. The summed E-state index contributed by atoms with van der Waals surface area (Å²) in [5, 5.41) is 7.55. The highest BCUT2D eigenvalue weighted by atomic mass is 32.1. The molecule has 0 aliphatic rings. The first kappa shape index (κ1) is 25.1. The van der Waals surface area contributed by atoms with Gasteiger partial charge in [-0.1, -0.05) is 73.7 Å². The number of aryl methyl sites for hydroxylation is 1. The Bertz CT molecular complexity index is 1040. The molecule has 176 valence electrons. The fourth-order valence-corrected chi connectivity index (χ4v) is 3.71. The van der Waals surface area contributed by atoms with E-state index in [-0.39, 0.29) is 6.42 Å². The number of carbonyl (C=O) groups is 3. The molecule has 3 amide bonds. The first-order valence-corrected chi connectivity index (χ1v) is 11.7. The average molecular weight is 476 g/mol. The zero-order valence-corrected chi connectivity index (χ0v) is 19.9. The van der Waals surface area contributed by atoms with Crippen molar-refractivity contribution >= 4 is 41.7 Å². The molecule has 6 nitrogen and oxygen atoms in total. The monoisotopic (exact) mass is 475 g/mol. The summed E-state index contributed by atoms with van der Waals surface area (Å²) in [4.78, 5) is 40.0. The van der Waals surface area contributed by atoms with Crippen LogP contribution >= 0.6 is 12.6 Å². The lowest BCUT2D eigenvalue weighted by molar-refractivity contribution is -0.138. The highest BCUT2D eigenvalue weighted by molar-refractivity contribution is 7.81. The van der Waals surface area contributed by atoms with Crippen LogP contribution in [-0.2, 0) is 20.8 Å². The maximum Gasteiger partial charge on any atom is 0.259 e. The predicted molar refractivity (Wildman–Crippen MR) is 139 cm³/mol. The Labute approximate surface area is 205 Å². The Morgan fingerprint density at radius 3 is 1.65 bits per heavy atom. The van der Waals surface area contributed by atoms with E-state index < -0.39 is 28.5 Å². The second-order valence-corrected chi connectivity index (χ2v) is 8.55. The van der Waals surface area contributed by atoms with Gasteiger partial charge in [0.15, 0.2) is 5.54 Å². The number of anilines is 2. The minimum absolute atomic E-state index is 0.0509. The van der Waals surface area contributed by atoms with Crippen LogP contribution in [0.15, 0.2) is 91.0 Å². The Morgan fingerprint density at radius 1 is 0.765 bits per heavy atom. The van der Waals surface area contributed by atoms with Crippen LogP contribution < -0.4 is 16.0 Å². The van der Waals surface area contributed by atoms with Gasteiger partial charge in [-0.25, -0.2) is 0 Å². The van der Waals surface area contributed by atoms with Gasteiger partial charge >= 0.3 is 0 Å². The van der Waals surface area contributed by atoms with Crippen molar-refractivity contribution in [3.05, 3.63) is 96.6 Å². The molecule has 34 heavy (non-hydrogen) atoms. The second kappa shape index (κ2) is 12.0. The molecule has 0 spiro atoms. The van der Waals surface area contributed by atoms with E-state index in [1.165, 1.54) is 0 Å². The number of benzene rings is 3. The number of carbonyl (C=O) groups excluding carboxylic acids is 3. The molecular weight excluding hydrogens is 446 g/mol. The highest BCUT2D eigenvalue weighted by Crippen LogP contribution is 2.20. The maximum atomic E-state index is 13.4. The largest absolute Gasteiger partial charge is 0.333 e. The third-order valence-electron chi connectivity index (χ3n) is 5.56. The van der Waals surface area contributed by atoms with Gasteiger partial charge < -0.3 is 16.0 Å². The van der Waals surface area contributed by atoms with Crippen molar-refractivity contribution in [1.29, 1.82) is 0 Å². The predicted octanol–water partition coefficient (Wildman–Crippen LogP) is 4.46. The summed E-state index contributed by atoms with van der Waals surface area (Å²) >= 11 is 4.47. The van der Waals surface area contributed by atoms with Gasteiger partial charge in [-0.2, -0.15) is 12.6 Å². The van der Waals surface area contributed by atoms with Crippen LogP contribution in [0.5, 0.6) is 0 Å². The van der Waals surface area contributed by atoms with Gasteiger partial charge in [-0.05, 0) is 49.1 Å². The fourth-order valence-electron chi connectivity index (χ4n) is 3.52. The van der Waals surface area contributed by atoms with Crippen molar-refractivity contribution in [2.45, 2.75) is 37.0 Å². The number of hydrogen-bond donors (Lipinski definition) is 4. The van der Waals surface area contributed by atoms with E-state index >= 15 is 0 Å². The molecule has 3 aromatic carbocycles. The topological polar surface area (TPSA) is 87.3 Å². The van der Waals surface area contributed by atoms with Gasteiger partial charge in [0.2, 0.25) is 5.91 Å². The van der Waals surface area contributed by atoms with Crippen molar-refractivity contribution in [1.82, 2.24) is 5.32 Å². The minimum atomic E-state index is -1.82. The summed E-state index contributed by atoms with van der Waals surface area (Å²) < 4.78 is 0. The van der Waals surface area contributed by atoms with E-state index in [1.807, 2.05) is 42.5 Å². The molecule has 0 heterocycles. The molecule has 0 saturated heterocycles. The average Bonchev–Trinajstić information content (AvgIpc) is 2.87. The lowest BCUT2D eigenvalue weighted by atomic mass is 9.92. The van der Waals surface area contributed by atoms with E-state index in [1.54, 1.807) is 55.5 Å². The van der Waals surface area contributed by atoms with Crippen molar-refractivity contribution in [2.75, 3.05) is 10.6 Å². The van der Waals surface area contributed by atoms with Crippen molar-refractivity contribution in [2.24, 2.45) is 0 Å². The molecule has 0 fully saturated rings. The Kier molecular flexibility index (Phi) is 8.87. The van der Waals surface area contributed by atoms with Gasteiger partial charge in [0.05, 0.1) is 5.25 Å². The van der Waals surface area contributed by atoms with Crippen molar-refractivity contribution in [3.63, 3.8) is 0 Å². The molecule has 3 aromatic rings. The molecule has 0 unspecified atom stereocenters. The SMILES string of the molecule is CCC(NC(=O)[C@@H](S)CCc1ccccc1)(C(=O)Nc1ccccc1)C(=O)Nc1ccccc1. The molecule has 1 atom stereocenters. The van der Waals surface area contributed by atoms with Gasteiger partial charge in [0, 0.05) is 11.4 Å². The first-order chi connectivity index (χ1) is 16.4. The van der Waals surface area contributed by atoms with Gasteiger partial charge in [-0.15, -0.1) is 0 Å². The van der Waals surface area contributed by atoms with Crippen molar-refractivity contribution in [3.8, 4) is 0 Å². The summed E-state index contributed by atoms with van der Waals surface area (Å²) in [7, 11) is 0. The molecule has 0 radical (unpaired) electrons. The third-order valence-corrected chi connectivity index (χ3v) is 6.05. The molecule has 7 heteroatoms. The normalized spacial score (nSPS) is 11.8. The van der Waals surface area contributed by atoms with Crippen molar-refractivity contribution < 1.29 is 14.4 Å². The number of thiol groups is 1. The molecule has 3 N–H and O–H groups in total. The number of hydrogen-bond acceptors (Lipinski definition) is 4. The summed E-state index contributed by atoms with van der Waals surface area (Å²) in [5.41, 5.74) is 0.313. The molecular formula is C27H29N3O3S. The molecule has 0 aliphatic carbocycles. The summed E-state index contributed by atoms with van der Waals surface area (Å²) in [5.74, 6) is -1.72. The third kappa shape index (κ3) is 6.48. The maximum absolute atomic E-state index is 13.4. The zero-order chi connectivity index (χ0) is 24.4. The molecule has 0 bridgehead atoms. The van der Waals surface area contributed by atoms with E-state index in [4.69, 9.17) is 0 Å². The highest BCUT2D eigenvalue weighted by Gasteiger charge is 2.46. The smallest absolute Gasteiger partial charge is 0.259 e. The summed E-state index contributed by atoms with van der Waals surface area (Å²) in [6, 6.07) is 27.4. The van der Waals surface area contributed by atoms with Crippen LogP contribution in [-0.4, -0.2) is 28.5 Å². The molecule has 0 aliphatic heterocycles. The van der Waals surface area contributed by atoms with E-state index in [0.717, 1.165) is 5.56 Å².